The van der Waals surface area contributed by atoms with Crippen molar-refractivity contribution < 1.29 is 4.42 Å². The molecule has 26 heavy (non-hydrogen) atoms. The molecule has 1 aliphatic heterocycles. The summed E-state index contributed by atoms with van der Waals surface area (Å²) >= 11 is 1.65. The minimum Gasteiger partial charge on any atom is -0.420 e. The van der Waals surface area contributed by atoms with Crippen LogP contribution in [0.15, 0.2) is 52.3 Å². The van der Waals surface area contributed by atoms with Crippen molar-refractivity contribution >= 4 is 35.1 Å². The second-order valence-electron chi connectivity index (χ2n) is 5.98. The van der Waals surface area contributed by atoms with Crippen LogP contribution in [-0.2, 0) is 0 Å². The molecule has 6 heteroatoms. The second-order valence-corrected chi connectivity index (χ2v) is 6.96. The van der Waals surface area contributed by atoms with Gasteiger partial charge >= 0.3 is 0 Å². The fourth-order valence-electron chi connectivity index (χ4n) is 3.03. The van der Waals surface area contributed by atoms with Crippen molar-refractivity contribution in [3.63, 3.8) is 0 Å². The molecule has 1 aromatic carbocycles. The number of nitrogens with zero attached hydrogens (tertiary/aromatic N) is 4. The van der Waals surface area contributed by atoms with Crippen molar-refractivity contribution in [1.29, 1.82) is 5.26 Å². The summed E-state index contributed by atoms with van der Waals surface area (Å²) in [7, 11) is 0. The molecule has 0 spiro atoms. The van der Waals surface area contributed by atoms with E-state index in [9.17, 15) is 5.26 Å². The van der Waals surface area contributed by atoms with Crippen molar-refractivity contribution in [1.82, 2.24) is 4.98 Å². The van der Waals surface area contributed by atoms with E-state index in [1.807, 2.05) is 35.7 Å². The van der Waals surface area contributed by atoms with Gasteiger partial charge in [-0.3, -0.25) is 0 Å². The number of piperazine rings is 1. The Morgan fingerprint density at radius 3 is 2.46 bits per heavy atom. The van der Waals surface area contributed by atoms with Crippen LogP contribution >= 0.6 is 11.3 Å². The van der Waals surface area contributed by atoms with E-state index in [1.54, 1.807) is 11.3 Å². The Balaban J connectivity index is 1.47. The van der Waals surface area contributed by atoms with Crippen LogP contribution in [0.2, 0.25) is 0 Å². The highest BCUT2D eigenvalue weighted by Gasteiger charge is 2.23. The quantitative estimate of drug-likeness (QED) is 0.699. The first kappa shape index (κ1) is 16.4. The third-order valence-electron chi connectivity index (χ3n) is 4.35. The molecule has 1 fully saturated rings. The van der Waals surface area contributed by atoms with Gasteiger partial charge in [0.15, 0.2) is 0 Å². The van der Waals surface area contributed by atoms with E-state index in [1.165, 1.54) is 5.69 Å². The Hall–Kier alpha value is -3.04. The maximum absolute atomic E-state index is 9.41. The highest BCUT2D eigenvalue weighted by Crippen LogP contribution is 2.25. The predicted octanol–water partition coefficient (Wildman–Crippen LogP) is 4.10. The summed E-state index contributed by atoms with van der Waals surface area (Å²) in [6.45, 7) is 3.37. The van der Waals surface area contributed by atoms with Crippen molar-refractivity contribution in [2.75, 3.05) is 36.0 Å². The monoisotopic (exact) mass is 362 g/mol. The summed E-state index contributed by atoms with van der Waals surface area (Å²) in [6, 6.07) is 16.6. The number of nitriles is 1. The van der Waals surface area contributed by atoms with E-state index >= 15 is 0 Å². The molecular weight excluding hydrogens is 344 g/mol. The first-order chi connectivity index (χ1) is 12.8. The van der Waals surface area contributed by atoms with Gasteiger partial charge in [-0.2, -0.15) is 10.2 Å². The van der Waals surface area contributed by atoms with E-state index in [0.29, 0.717) is 17.5 Å². The molecule has 0 unspecified atom stereocenters. The maximum atomic E-state index is 9.41. The summed E-state index contributed by atoms with van der Waals surface area (Å²) in [5.41, 5.74) is 1.58. The Kier molecular flexibility index (Phi) is 4.71. The number of benzene rings is 1. The van der Waals surface area contributed by atoms with Crippen molar-refractivity contribution in [2.45, 2.75) is 0 Å². The number of oxazole rings is 1. The number of hydrogen-bond acceptors (Lipinski definition) is 6. The van der Waals surface area contributed by atoms with Gasteiger partial charge in [0.05, 0.1) is 0 Å². The molecule has 1 aliphatic rings. The summed E-state index contributed by atoms with van der Waals surface area (Å²) in [6.07, 6.45) is 3.77. The molecule has 0 atom stereocenters. The van der Waals surface area contributed by atoms with Crippen molar-refractivity contribution in [2.24, 2.45) is 0 Å². The Morgan fingerprint density at radius 2 is 1.77 bits per heavy atom. The van der Waals surface area contributed by atoms with Crippen molar-refractivity contribution in [3.8, 4) is 6.07 Å². The average Bonchev–Trinajstić information content (AvgIpc) is 3.37. The normalized spacial score (nSPS) is 14.7. The standard InChI is InChI=1S/C20H18N4OS/c21-15-18-20(25-19(22-18)9-8-17-7-4-14-26-17)24-12-10-23(11-13-24)16-5-2-1-3-6-16/h1-9,14H,10-13H2. The lowest BCUT2D eigenvalue weighted by molar-refractivity contribution is 0.513. The largest absolute Gasteiger partial charge is 0.420 e. The summed E-state index contributed by atoms with van der Waals surface area (Å²) in [4.78, 5) is 9.89. The van der Waals surface area contributed by atoms with Gasteiger partial charge in [0.1, 0.15) is 6.07 Å². The van der Waals surface area contributed by atoms with Gasteiger partial charge in [0.25, 0.3) is 0 Å². The molecule has 2 aromatic heterocycles. The molecule has 3 heterocycles. The summed E-state index contributed by atoms with van der Waals surface area (Å²) in [5.74, 6) is 1.04. The van der Waals surface area contributed by atoms with Gasteiger partial charge in [0, 0.05) is 42.8 Å². The van der Waals surface area contributed by atoms with Crippen molar-refractivity contribution in [3.05, 3.63) is 64.3 Å². The molecule has 0 N–H and O–H groups in total. The van der Waals surface area contributed by atoms with Crippen LogP contribution < -0.4 is 9.80 Å². The predicted molar refractivity (Wildman–Crippen MR) is 105 cm³/mol. The van der Waals surface area contributed by atoms with E-state index in [4.69, 9.17) is 4.42 Å². The third kappa shape index (κ3) is 3.48. The first-order valence-electron chi connectivity index (χ1n) is 8.51. The molecule has 0 bridgehead atoms. The van der Waals surface area contributed by atoms with Crippen LogP contribution in [-0.4, -0.2) is 31.2 Å². The maximum Gasteiger partial charge on any atom is 0.235 e. The molecule has 3 aromatic rings. The molecule has 0 saturated carbocycles. The zero-order valence-corrected chi connectivity index (χ0v) is 15.0. The van der Waals surface area contributed by atoms with Crippen LogP contribution in [0.4, 0.5) is 11.6 Å². The number of hydrogen-bond donors (Lipinski definition) is 0. The van der Waals surface area contributed by atoms with Crippen LogP contribution in [0.1, 0.15) is 16.5 Å². The third-order valence-corrected chi connectivity index (χ3v) is 5.19. The van der Waals surface area contributed by atoms with Crippen LogP contribution in [0, 0.1) is 11.3 Å². The number of para-hydroxylation sites is 1. The zero-order valence-electron chi connectivity index (χ0n) is 14.2. The SMILES string of the molecule is N#Cc1nc(C=Cc2cccs2)oc1N1CCN(c2ccccc2)CC1. The summed E-state index contributed by atoms with van der Waals surface area (Å²) < 4.78 is 5.88. The fourth-order valence-corrected chi connectivity index (χ4v) is 3.65. The molecule has 130 valence electrons. The van der Waals surface area contributed by atoms with Gasteiger partial charge in [-0.1, -0.05) is 24.3 Å². The molecule has 0 radical (unpaired) electrons. The number of thiophene rings is 1. The number of rotatable bonds is 4. The van der Waals surface area contributed by atoms with Gasteiger partial charge < -0.3 is 14.2 Å². The average molecular weight is 362 g/mol. The van der Waals surface area contributed by atoms with Gasteiger partial charge in [-0.05, 0) is 29.7 Å². The molecule has 1 saturated heterocycles. The highest BCUT2D eigenvalue weighted by molar-refractivity contribution is 7.10. The molecule has 5 nitrogen and oxygen atoms in total. The van der Waals surface area contributed by atoms with E-state index in [2.05, 4.69) is 45.1 Å². The number of aromatic nitrogens is 1. The van der Waals surface area contributed by atoms with Crippen LogP contribution in [0.5, 0.6) is 0 Å². The topological polar surface area (TPSA) is 56.3 Å². The minimum atomic E-state index is 0.351. The Labute approximate surface area is 156 Å². The van der Waals surface area contributed by atoms with E-state index in [-0.39, 0.29) is 0 Å². The van der Waals surface area contributed by atoms with Gasteiger partial charge in [-0.15, -0.1) is 11.3 Å². The summed E-state index contributed by atoms with van der Waals surface area (Å²) in [5, 5.41) is 11.4. The Bertz CT molecular complexity index is 917. The molecule has 0 amide bonds. The lowest BCUT2D eigenvalue weighted by atomic mass is 10.2. The van der Waals surface area contributed by atoms with Crippen LogP contribution in [0.3, 0.4) is 0 Å². The zero-order chi connectivity index (χ0) is 17.8. The lowest BCUT2D eigenvalue weighted by Crippen LogP contribution is -2.46. The lowest BCUT2D eigenvalue weighted by Gasteiger charge is -2.35. The Morgan fingerprint density at radius 1 is 1.00 bits per heavy atom. The van der Waals surface area contributed by atoms with Gasteiger partial charge in [0.2, 0.25) is 17.5 Å². The van der Waals surface area contributed by atoms with Crippen LogP contribution in [0.25, 0.3) is 12.2 Å². The molecule has 4 rings (SSSR count). The molecule has 0 aliphatic carbocycles. The van der Waals surface area contributed by atoms with Gasteiger partial charge in [-0.25, -0.2) is 0 Å². The van der Waals surface area contributed by atoms with E-state index < -0.39 is 0 Å². The first-order valence-corrected chi connectivity index (χ1v) is 9.39. The van der Waals surface area contributed by atoms with E-state index in [0.717, 1.165) is 31.1 Å². The molecular formula is C20H18N4OS. The fraction of sp³-hybridized carbons (Fsp3) is 0.200. The second kappa shape index (κ2) is 7.46. The smallest absolute Gasteiger partial charge is 0.235 e. The highest BCUT2D eigenvalue weighted by atomic mass is 32.1. The number of anilines is 2. The minimum absolute atomic E-state index is 0.351.